The molecule has 3 heteroatoms. The number of carbonyl (C=O) groups excluding carboxylic acids is 1. The highest BCUT2D eigenvalue weighted by atomic mass is 79.9. The predicted molar refractivity (Wildman–Crippen MR) is 78.5 cm³/mol. The highest BCUT2D eigenvalue weighted by Crippen LogP contribution is 2.28. The molecule has 0 aromatic rings. The Kier molecular flexibility index (Phi) is 6.75. The van der Waals surface area contributed by atoms with Crippen LogP contribution in [0.1, 0.15) is 60.8 Å². The van der Waals surface area contributed by atoms with Crippen LogP contribution in [0.25, 0.3) is 0 Å². The van der Waals surface area contributed by atoms with E-state index in [1.165, 1.54) is 0 Å². The zero-order valence-electron chi connectivity index (χ0n) is 12.2. The lowest BCUT2D eigenvalue weighted by molar-refractivity contribution is -0.124. The lowest BCUT2D eigenvalue weighted by atomic mass is 9.80. The summed E-state index contributed by atoms with van der Waals surface area (Å²) < 4.78 is 0. The Hall–Kier alpha value is -0.0500. The van der Waals surface area contributed by atoms with Gasteiger partial charge in [-0.05, 0) is 24.2 Å². The molecule has 0 aromatic heterocycles. The van der Waals surface area contributed by atoms with E-state index < -0.39 is 0 Å². The quantitative estimate of drug-likeness (QED) is 0.735. The van der Waals surface area contributed by atoms with Crippen molar-refractivity contribution in [2.45, 2.75) is 66.3 Å². The Morgan fingerprint density at radius 3 is 2.00 bits per heavy atom. The smallest absolute Gasteiger partial charge is 0.220 e. The second-order valence-electron chi connectivity index (χ2n) is 6.14. The molecular formula is C14H28BrNO. The van der Waals surface area contributed by atoms with Crippen LogP contribution in [0, 0.1) is 11.3 Å². The van der Waals surface area contributed by atoms with Crippen LogP contribution in [0.2, 0.25) is 0 Å². The minimum absolute atomic E-state index is 0.0747. The fraction of sp³-hybridized carbons (Fsp3) is 0.929. The third kappa shape index (κ3) is 5.41. The molecule has 0 bridgehead atoms. The average Bonchev–Trinajstić information content (AvgIpc) is 2.24. The molecule has 0 fully saturated rings. The zero-order chi connectivity index (χ0) is 13.7. The van der Waals surface area contributed by atoms with Crippen LogP contribution in [0.5, 0.6) is 0 Å². The van der Waals surface area contributed by atoms with Gasteiger partial charge in [0.25, 0.3) is 0 Å². The van der Waals surface area contributed by atoms with Gasteiger partial charge in [-0.25, -0.2) is 0 Å². The molecule has 1 amide bonds. The maximum absolute atomic E-state index is 12.1. The van der Waals surface area contributed by atoms with E-state index in [0.29, 0.717) is 12.3 Å². The molecule has 0 rings (SSSR count). The number of hydrogen-bond donors (Lipinski definition) is 1. The van der Waals surface area contributed by atoms with Gasteiger partial charge in [-0.3, -0.25) is 4.79 Å². The number of alkyl halides is 1. The van der Waals surface area contributed by atoms with E-state index in [1.54, 1.807) is 0 Å². The standard InChI is InChI=1S/C14H28BrNO/c1-7-14(8-2,10-15)16-12(17)9-11(3)13(4,5)6/h11H,7-10H2,1-6H3,(H,16,17). The van der Waals surface area contributed by atoms with Crippen LogP contribution in [0.3, 0.4) is 0 Å². The summed E-state index contributed by atoms with van der Waals surface area (Å²) >= 11 is 3.51. The van der Waals surface area contributed by atoms with E-state index in [9.17, 15) is 4.79 Å². The van der Waals surface area contributed by atoms with Crippen molar-refractivity contribution in [2.75, 3.05) is 5.33 Å². The molecular weight excluding hydrogens is 278 g/mol. The van der Waals surface area contributed by atoms with Gasteiger partial charge < -0.3 is 5.32 Å². The van der Waals surface area contributed by atoms with Gasteiger partial charge in [-0.1, -0.05) is 57.5 Å². The van der Waals surface area contributed by atoms with Gasteiger partial charge in [0, 0.05) is 17.3 Å². The van der Waals surface area contributed by atoms with Crippen LogP contribution in [-0.2, 0) is 4.79 Å². The third-order valence-electron chi connectivity index (χ3n) is 3.98. The van der Waals surface area contributed by atoms with Crippen LogP contribution in [0.4, 0.5) is 0 Å². The minimum Gasteiger partial charge on any atom is -0.350 e. The second kappa shape index (κ2) is 6.77. The Balaban J connectivity index is 4.45. The number of halogens is 1. The summed E-state index contributed by atoms with van der Waals surface area (Å²) in [4.78, 5) is 12.1. The molecule has 0 saturated carbocycles. The summed E-state index contributed by atoms with van der Waals surface area (Å²) in [5.41, 5.74) is 0.113. The van der Waals surface area contributed by atoms with Gasteiger partial charge in [0.05, 0.1) is 0 Å². The molecule has 0 aliphatic rings. The van der Waals surface area contributed by atoms with E-state index in [1.807, 2.05) is 0 Å². The third-order valence-corrected chi connectivity index (χ3v) is 5.06. The summed E-state index contributed by atoms with van der Waals surface area (Å²) in [5.74, 6) is 0.569. The lowest BCUT2D eigenvalue weighted by Gasteiger charge is -2.33. The summed E-state index contributed by atoms with van der Waals surface area (Å²) in [5, 5.41) is 4.02. The molecule has 0 radical (unpaired) electrons. The molecule has 17 heavy (non-hydrogen) atoms. The van der Waals surface area contributed by atoms with Crippen molar-refractivity contribution >= 4 is 21.8 Å². The molecule has 1 unspecified atom stereocenters. The second-order valence-corrected chi connectivity index (χ2v) is 6.70. The predicted octanol–water partition coefficient (Wildman–Crippen LogP) is 4.13. The average molecular weight is 306 g/mol. The summed E-state index contributed by atoms with van der Waals surface area (Å²) in [6.45, 7) is 12.9. The van der Waals surface area contributed by atoms with Crippen LogP contribution in [-0.4, -0.2) is 16.8 Å². The molecule has 0 aliphatic heterocycles. The Morgan fingerprint density at radius 2 is 1.71 bits per heavy atom. The van der Waals surface area contributed by atoms with Gasteiger partial charge in [0.2, 0.25) is 5.91 Å². The summed E-state index contributed by atoms with van der Waals surface area (Å²) in [7, 11) is 0. The van der Waals surface area contributed by atoms with E-state index in [0.717, 1.165) is 18.2 Å². The minimum atomic E-state index is -0.0747. The van der Waals surface area contributed by atoms with E-state index in [2.05, 4.69) is 62.8 Å². The van der Waals surface area contributed by atoms with Crippen LogP contribution < -0.4 is 5.32 Å². The molecule has 102 valence electrons. The fourth-order valence-corrected chi connectivity index (χ4v) is 2.51. The van der Waals surface area contributed by atoms with E-state index in [-0.39, 0.29) is 16.9 Å². The van der Waals surface area contributed by atoms with Crippen molar-refractivity contribution in [3.05, 3.63) is 0 Å². The first-order valence-electron chi connectivity index (χ1n) is 6.57. The topological polar surface area (TPSA) is 29.1 Å². The van der Waals surface area contributed by atoms with Crippen LogP contribution >= 0.6 is 15.9 Å². The Labute approximate surface area is 115 Å². The SMILES string of the molecule is CCC(CC)(CBr)NC(=O)CC(C)C(C)(C)C. The Morgan fingerprint density at radius 1 is 1.24 bits per heavy atom. The highest BCUT2D eigenvalue weighted by Gasteiger charge is 2.29. The first-order valence-corrected chi connectivity index (χ1v) is 7.70. The molecule has 0 aliphatic carbocycles. The van der Waals surface area contributed by atoms with Gasteiger partial charge >= 0.3 is 0 Å². The number of hydrogen-bond acceptors (Lipinski definition) is 1. The van der Waals surface area contributed by atoms with Crippen LogP contribution in [0.15, 0.2) is 0 Å². The largest absolute Gasteiger partial charge is 0.350 e. The van der Waals surface area contributed by atoms with Crippen molar-refractivity contribution in [1.82, 2.24) is 5.32 Å². The first-order chi connectivity index (χ1) is 7.70. The highest BCUT2D eigenvalue weighted by molar-refractivity contribution is 9.09. The number of nitrogens with one attached hydrogen (secondary N) is 1. The van der Waals surface area contributed by atoms with Gasteiger partial charge in [-0.15, -0.1) is 0 Å². The summed E-state index contributed by atoms with van der Waals surface area (Å²) in [6, 6.07) is 0. The Bertz CT molecular complexity index is 233. The maximum atomic E-state index is 12.1. The van der Waals surface area contributed by atoms with E-state index >= 15 is 0 Å². The maximum Gasteiger partial charge on any atom is 0.220 e. The fourth-order valence-electron chi connectivity index (χ4n) is 1.58. The van der Waals surface area contributed by atoms with Crippen molar-refractivity contribution in [3.63, 3.8) is 0 Å². The normalized spacial score (nSPS) is 14.5. The summed E-state index contributed by atoms with van der Waals surface area (Å²) in [6.07, 6.45) is 2.53. The molecule has 0 spiro atoms. The van der Waals surface area contributed by atoms with Gasteiger partial charge in [0.15, 0.2) is 0 Å². The van der Waals surface area contributed by atoms with Gasteiger partial charge in [-0.2, -0.15) is 0 Å². The van der Waals surface area contributed by atoms with Crippen molar-refractivity contribution in [3.8, 4) is 0 Å². The molecule has 1 N–H and O–H groups in total. The molecule has 1 atom stereocenters. The van der Waals surface area contributed by atoms with Crippen molar-refractivity contribution in [2.24, 2.45) is 11.3 Å². The first kappa shape index (κ1) is 16.9. The van der Waals surface area contributed by atoms with Crippen molar-refractivity contribution < 1.29 is 4.79 Å². The zero-order valence-corrected chi connectivity index (χ0v) is 13.8. The lowest BCUT2D eigenvalue weighted by Crippen LogP contribution is -2.49. The van der Waals surface area contributed by atoms with Crippen molar-refractivity contribution in [1.29, 1.82) is 0 Å². The number of rotatable bonds is 6. The number of carbonyl (C=O) groups is 1. The van der Waals surface area contributed by atoms with Gasteiger partial charge in [0.1, 0.15) is 0 Å². The molecule has 0 saturated heterocycles. The molecule has 0 aromatic carbocycles. The van der Waals surface area contributed by atoms with E-state index in [4.69, 9.17) is 0 Å². The molecule has 0 heterocycles. The number of amides is 1. The monoisotopic (exact) mass is 305 g/mol. The molecule has 2 nitrogen and oxygen atoms in total.